The van der Waals surface area contributed by atoms with Gasteiger partial charge in [-0.1, -0.05) is 19.1 Å². The van der Waals surface area contributed by atoms with E-state index in [9.17, 15) is 14.7 Å². The number of carbonyl (C=O) groups is 2. The molecule has 0 aromatic heterocycles. The van der Waals surface area contributed by atoms with Gasteiger partial charge in [-0.05, 0) is 48.4 Å². The molecule has 2 aromatic carbocycles. The van der Waals surface area contributed by atoms with E-state index in [2.05, 4.69) is 15.8 Å². The SMILES string of the molecule is CCCC(=O)Nc1ccc(C(=O)NN=Cc2cccc(O)c2)cc1. The fraction of sp³-hybridized carbons (Fsp3) is 0.167. The molecular formula is C18H19N3O3. The van der Waals surface area contributed by atoms with E-state index in [4.69, 9.17) is 0 Å². The minimum absolute atomic E-state index is 0.0505. The highest BCUT2D eigenvalue weighted by Gasteiger charge is 2.05. The van der Waals surface area contributed by atoms with E-state index >= 15 is 0 Å². The summed E-state index contributed by atoms with van der Waals surface area (Å²) >= 11 is 0. The lowest BCUT2D eigenvalue weighted by molar-refractivity contribution is -0.116. The molecule has 6 heteroatoms. The molecule has 0 saturated carbocycles. The van der Waals surface area contributed by atoms with Crippen molar-refractivity contribution < 1.29 is 14.7 Å². The van der Waals surface area contributed by atoms with Crippen molar-refractivity contribution in [1.82, 2.24) is 5.43 Å². The van der Waals surface area contributed by atoms with Gasteiger partial charge in [-0.2, -0.15) is 5.10 Å². The van der Waals surface area contributed by atoms with Gasteiger partial charge in [0.05, 0.1) is 6.21 Å². The number of aromatic hydroxyl groups is 1. The number of phenols is 1. The van der Waals surface area contributed by atoms with Crippen LogP contribution >= 0.6 is 0 Å². The molecular weight excluding hydrogens is 306 g/mol. The zero-order chi connectivity index (χ0) is 17.4. The van der Waals surface area contributed by atoms with Gasteiger partial charge < -0.3 is 10.4 Å². The fourth-order valence-corrected chi connectivity index (χ4v) is 1.99. The monoisotopic (exact) mass is 325 g/mol. The Morgan fingerprint density at radius 3 is 2.58 bits per heavy atom. The van der Waals surface area contributed by atoms with E-state index in [0.29, 0.717) is 23.2 Å². The first-order valence-corrected chi connectivity index (χ1v) is 7.61. The molecule has 0 heterocycles. The van der Waals surface area contributed by atoms with Crippen LogP contribution in [-0.2, 0) is 4.79 Å². The maximum Gasteiger partial charge on any atom is 0.271 e. The quantitative estimate of drug-likeness (QED) is 0.563. The zero-order valence-electron chi connectivity index (χ0n) is 13.3. The van der Waals surface area contributed by atoms with Crippen molar-refractivity contribution in [2.45, 2.75) is 19.8 Å². The fourth-order valence-electron chi connectivity index (χ4n) is 1.99. The van der Waals surface area contributed by atoms with Gasteiger partial charge in [-0.15, -0.1) is 0 Å². The lowest BCUT2D eigenvalue weighted by atomic mass is 10.2. The highest BCUT2D eigenvalue weighted by atomic mass is 16.3. The minimum Gasteiger partial charge on any atom is -0.508 e. The number of amides is 2. The van der Waals surface area contributed by atoms with Gasteiger partial charge in [0.25, 0.3) is 5.91 Å². The molecule has 0 aliphatic carbocycles. The van der Waals surface area contributed by atoms with Gasteiger partial charge >= 0.3 is 0 Å². The van der Waals surface area contributed by atoms with Crippen LogP contribution in [0.1, 0.15) is 35.7 Å². The second kappa shape index (κ2) is 8.47. The summed E-state index contributed by atoms with van der Waals surface area (Å²) in [6.07, 6.45) is 2.69. The van der Waals surface area contributed by atoms with Gasteiger partial charge in [0.15, 0.2) is 0 Å². The van der Waals surface area contributed by atoms with Crippen molar-refractivity contribution in [3.63, 3.8) is 0 Å². The summed E-state index contributed by atoms with van der Waals surface area (Å²) in [5.41, 5.74) is 4.15. The molecule has 124 valence electrons. The summed E-state index contributed by atoms with van der Waals surface area (Å²) in [7, 11) is 0. The van der Waals surface area contributed by atoms with Crippen molar-refractivity contribution in [3.05, 3.63) is 59.7 Å². The van der Waals surface area contributed by atoms with Crippen LogP contribution in [0.3, 0.4) is 0 Å². The summed E-state index contributed by atoms with van der Waals surface area (Å²) in [4.78, 5) is 23.5. The average Bonchev–Trinajstić information content (AvgIpc) is 2.55. The van der Waals surface area contributed by atoms with Crippen LogP contribution in [0, 0.1) is 0 Å². The van der Waals surface area contributed by atoms with Crippen molar-refractivity contribution >= 4 is 23.7 Å². The van der Waals surface area contributed by atoms with Crippen LogP contribution in [0.4, 0.5) is 5.69 Å². The van der Waals surface area contributed by atoms with E-state index in [1.807, 2.05) is 6.92 Å². The summed E-state index contributed by atoms with van der Waals surface area (Å²) in [5.74, 6) is -0.283. The summed E-state index contributed by atoms with van der Waals surface area (Å²) in [6.45, 7) is 1.93. The molecule has 0 saturated heterocycles. The number of hydrogen-bond acceptors (Lipinski definition) is 4. The second-order valence-electron chi connectivity index (χ2n) is 5.17. The molecule has 0 aliphatic rings. The number of anilines is 1. The van der Waals surface area contributed by atoms with Crippen molar-refractivity contribution in [3.8, 4) is 5.75 Å². The van der Waals surface area contributed by atoms with Crippen LogP contribution in [-0.4, -0.2) is 23.1 Å². The average molecular weight is 325 g/mol. The molecule has 0 spiro atoms. The third-order valence-corrected chi connectivity index (χ3v) is 3.16. The normalized spacial score (nSPS) is 10.5. The zero-order valence-corrected chi connectivity index (χ0v) is 13.3. The van der Waals surface area contributed by atoms with E-state index in [1.165, 1.54) is 12.3 Å². The summed E-state index contributed by atoms with van der Waals surface area (Å²) in [6, 6.07) is 13.1. The molecule has 0 fully saturated rings. The number of hydrogen-bond donors (Lipinski definition) is 3. The van der Waals surface area contributed by atoms with E-state index in [0.717, 1.165) is 6.42 Å². The van der Waals surface area contributed by atoms with Crippen molar-refractivity contribution in [2.24, 2.45) is 5.10 Å². The Kier molecular flexibility index (Phi) is 6.08. The Hall–Kier alpha value is -3.15. The summed E-state index contributed by atoms with van der Waals surface area (Å²) < 4.78 is 0. The van der Waals surface area contributed by atoms with Crippen LogP contribution in [0.2, 0.25) is 0 Å². The Bertz CT molecular complexity index is 739. The smallest absolute Gasteiger partial charge is 0.271 e. The molecule has 0 bridgehead atoms. The van der Waals surface area contributed by atoms with E-state index < -0.39 is 0 Å². The standard InChI is InChI=1S/C18H19N3O3/c1-2-4-17(23)20-15-9-7-14(8-10-15)18(24)21-19-12-13-5-3-6-16(22)11-13/h3,5-12,22H,2,4H2,1H3,(H,20,23)(H,21,24). The third kappa shape index (κ3) is 5.24. The lowest BCUT2D eigenvalue weighted by Crippen LogP contribution is -2.17. The van der Waals surface area contributed by atoms with Crippen molar-refractivity contribution in [1.29, 1.82) is 0 Å². The first kappa shape index (κ1) is 17.2. The highest BCUT2D eigenvalue weighted by Crippen LogP contribution is 2.11. The third-order valence-electron chi connectivity index (χ3n) is 3.16. The van der Waals surface area contributed by atoms with Crippen LogP contribution in [0.25, 0.3) is 0 Å². The first-order chi connectivity index (χ1) is 11.6. The molecule has 0 radical (unpaired) electrons. The molecule has 2 aromatic rings. The Labute approximate surface area is 140 Å². The predicted molar refractivity (Wildman–Crippen MR) is 93.1 cm³/mol. The molecule has 6 nitrogen and oxygen atoms in total. The van der Waals surface area contributed by atoms with E-state index in [1.54, 1.807) is 42.5 Å². The number of benzene rings is 2. The maximum absolute atomic E-state index is 12.0. The highest BCUT2D eigenvalue weighted by molar-refractivity contribution is 5.96. The van der Waals surface area contributed by atoms with E-state index in [-0.39, 0.29) is 17.6 Å². The van der Waals surface area contributed by atoms with Gasteiger partial charge in [0.2, 0.25) is 5.91 Å². The Balaban J connectivity index is 1.91. The predicted octanol–water partition coefficient (Wildman–Crippen LogP) is 2.89. The number of phenolic OH excluding ortho intramolecular Hbond substituents is 1. The minimum atomic E-state index is -0.363. The molecule has 2 amide bonds. The molecule has 3 N–H and O–H groups in total. The van der Waals surface area contributed by atoms with Gasteiger partial charge in [0.1, 0.15) is 5.75 Å². The number of carbonyl (C=O) groups excluding carboxylic acids is 2. The van der Waals surface area contributed by atoms with Gasteiger partial charge in [0, 0.05) is 17.7 Å². The van der Waals surface area contributed by atoms with Crippen LogP contribution < -0.4 is 10.7 Å². The number of nitrogens with zero attached hydrogens (tertiary/aromatic N) is 1. The number of hydrazone groups is 1. The first-order valence-electron chi connectivity index (χ1n) is 7.61. The van der Waals surface area contributed by atoms with Crippen LogP contribution in [0.15, 0.2) is 53.6 Å². The number of nitrogens with one attached hydrogen (secondary N) is 2. The molecule has 0 unspecified atom stereocenters. The van der Waals surface area contributed by atoms with Gasteiger partial charge in [-0.25, -0.2) is 5.43 Å². The second-order valence-corrected chi connectivity index (χ2v) is 5.17. The Morgan fingerprint density at radius 1 is 1.17 bits per heavy atom. The molecule has 0 aliphatic heterocycles. The maximum atomic E-state index is 12.0. The largest absolute Gasteiger partial charge is 0.508 e. The van der Waals surface area contributed by atoms with Crippen LogP contribution in [0.5, 0.6) is 5.75 Å². The lowest BCUT2D eigenvalue weighted by Gasteiger charge is -2.05. The number of rotatable bonds is 6. The summed E-state index contributed by atoms with van der Waals surface area (Å²) in [5, 5.41) is 15.9. The molecule has 24 heavy (non-hydrogen) atoms. The van der Waals surface area contributed by atoms with Crippen molar-refractivity contribution in [2.75, 3.05) is 5.32 Å². The molecule has 2 rings (SSSR count). The Morgan fingerprint density at radius 2 is 1.92 bits per heavy atom. The molecule has 0 atom stereocenters. The van der Waals surface area contributed by atoms with Gasteiger partial charge in [-0.3, -0.25) is 9.59 Å². The topological polar surface area (TPSA) is 90.8 Å².